The molecule has 0 spiro atoms. The second-order valence-corrected chi connectivity index (χ2v) is 11.4. The minimum absolute atomic E-state index is 0.562. The van der Waals surface area contributed by atoms with Crippen molar-refractivity contribution in [3.8, 4) is 0 Å². The van der Waals surface area contributed by atoms with Gasteiger partial charge in [0, 0.05) is 7.26 Å². The fourth-order valence-corrected chi connectivity index (χ4v) is 7.93. The molecule has 0 amide bonds. The Labute approximate surface area is 137 Å². The quantitative estimate of drug-likeness (QED) is 0.372. The van der Waals surface area contributed by atoms with Gasteiger partial charge in [0.05, 0.1) is 24.6 Å². The standard InChI is InChI=1S/C16H36P.F2HO2P/c1-5-9-13-17(14-10-6-2,15-11-7-3)16-12-8-4;1-5(2,3)4/h5-16H2,1-4H3;(H,3,4)/q+1;. The molecule has 0 aromatic rings. The lowest BCUT2D eigenvalue weighted by molar-refractivity contribution is 0.376. The first kappa shape index (κ1) is 24.7. The van der Waals surface area contributed by atoms with Gasteiger partial charge in [0.25, 0.3) is 0 Å². The van der Waals surface area contributed by atoms with Crippen LogP contribution in [0.5, 0.6) is 0 Å². The summed E-state index contributed by atoms with van der Waals surface area (Å²) in [6.07, 6.45) is 17.9. The van der Waals surface area contributed by atoms with E-state index in [2.05, 4.69) is 27.7 Å². The van der Waals surface area contributed by atoms with Crippen molar-refractivity contribution in [1.82, 2.24) is 0 Å². The fraction of sp³-hybridized carbons (Fsp3) is 1.00. The summed E-state index contributed by atoms with van der Waals surface area (Å²) < 4.78 is 28.7. The van der Waals surface area contributed by atoms with E-state index in [1.54, 1.807) is 24.6 Å². The average molecular weight is 361 g/mol. The van der Waals surface area contributed by atoms with Gasteiger partial charge in [0.2, 0.25) is 0 Å². The highest BCUT2D eigenvalue weighted by atomic mass is 31.2. The highest BCUT2D eigenvalue weighted by Crippen LogP contribution is 2.61. The average Bonchev–Trinajstić information content (AvgIpc) is 2.44. The number of unbranched alkanes of at least 4 members (excludes halogenated alkanes) is 4. The van der Waals surface area contributed by atoms with Crippen molar-refractivity contribution < 1.29 is 17.9 Å². The predicted octanol–water partition coefficient (Wildman–Crippen LogP) is 7.23. The Bertz CT molecular complexity index is 238. The van der Waals surface area contributed by atoms with Crippen LogP contribution in [0, 0.1) is 0 Å². The topological polar surface area (TPSA) is 37.3 Å². The molecule has 0 unspecified atom stereocenters. The molecular formula is C16H37F2O2P2+. The van der Waals surface area contributed by atoms with Gasteiger partial charge in [0.15, 0.2) is 0 Å². The van der Waals surface area contributed by atoms with Crippen LogP contribution in [0.2, 0.25) is 0 Å². The number of hydrogen-bond acceptors (Lipinski definition) is 1. The maximum Gasteiger partial charge on any atom is 0.549 e. The number of hydrogen-bond donors (Lipinski definition) is 1. The van der Waals surface area contributed by atoms with Gasteiger partial charge in [-0.3, -0.25) is 4.89 Å². The lowest BCUT2D eigenvalue weighted by atomic mass is 10.4. The summed E-state index contributed by atoms with van der Waals surface area (Å²) in [7, 11) is -6.20. The molecule has 0 fully saturated rings. The summed E-state index contributed by atoms with van der Waals surface area (Å²) in [6.45, 7) is 9.42. The maximum atomic E-state index is 10.1. The van der Waals surface area contributed by atoms with Crippen LogP contribution in [0.25, 0.3) is 0 Å². The Morgan fingerprint density at radius 2 is 0.909 bits per heavy atom. The summed E-state index contributed by atoms with van der Waals surface area (Å²) in [6, 6.07) is 0. The fourth-order valence-electron chi connectivity index (χ4n) is 2.64. The van der Waals surface area contributed by atoms with Crippen LogP contribution >= 0.6 is 15.3 Å². The lowest BCUT2D eigenvalue weighted by Gasteiger charge is -2.28. The molecule has 0 aromatic heterocycles. The highest BCUT2D eigenvalue weighted by molar-refractivity contribution is 7.75. The van der Waals surface area contributed by atoms with Gasteiger partial charge < -0.3 is 0 Å². The van der Waals surface area contributed by atoms with E-state index in [1.807, 2.05) is 0 Å². The molecule has 0 rings (SSSR count). The Hall–Kier alpha value is 0.480. The predicted molar refractivity (Wildman–Crippen MR) is 98.1 cm³/mol. The zero-order valence-corrected chi connectivity index (χ0v) is 16.8. The molecule has 0 aromatic carbocycles. The summed E-state index contributed by atoms with van der Waals surface area (Å²) in [5, 5.41) is 0. The second-order valence-electron chi connectivity index (χ2n) is 6.09. The zero-order chi connectivity index (χ0) is 17.5. The summed E-state index contributed by atoms with van der Waals surface area (Å²) in [4.78, 5) is 6.74. The van der Waals surface area contributed by atoms with E-state index in [0.717, 1.165) is 0 Å². The molecule has 1 N–H and O–H groups in total. The molecule has 0 aliphatic rings. The van der Waals surface area contributed by atoms with Gasteiger partial charge in [-0.2, -0.15) is 0 Å². The molecule has 0 aliphatic carbocycles. The normalized spacial score (nSPS) is 12.0. The monoisotopic (exact) mass is 361 g/mol. The maximum absolute atomic E-state index is 10.1. The third-order valence-electron chi connectivity index (χ3n) is 3.94. The van der Waals surface area contributed by atoms with Crippen LogP contribution < -0.4 is 0 Å². The largest absolute Gasteiger partial charge is 0.549 e. The molecule has 0 radical (unpaired) electrons. The van der Waals surface area contributed by atoms with Crippen molar-refractivity contribution in [2.24, 2.45) is 0 Å². The molecule has 22 heavy (non-hydrogen) atoms. The molecule has 6 heteroatoms. The smallest absolute Gasteiger partial charge is 0.296 e. The molecule has 0 aliphatic heterocycles. The SMILES string of the molecule is CCCC[P+](CCCC)(CCCC)CCCC.O=P(O)(F)F. The molecule has 0 heterocycles. The Kier molecular flexibility index (Phi) is 16.9. The van der Waals surface area contributed by atoms with Gasteiger partial charge in [-0.05, 0) is 25.7 Å². The van der Waals surface area contributed by atoms with E-state index in [9.17, 15) is 8.39 Å². The molecule has 0 saturated heterocycles. The summed E-state index contributed by atoms with van der Waals surface area (Å²) in [5.41, 5.74) is 0. The molecular weight excluding hydrogens is 324 g/mol. The first-order valence-electron chi connectivity index (χ1n) is 8.81. The van der Waals surface area contributed by atoms with Crippen LogP contribution in [-0.4, -0.2) is 29.5 Å². The Morgan fingerprint density at radius 3 is 1.05 bits per heavy atom. The number of halogens is 2. The van der Waals surface area contributed by atoms with E-state index >= 15 is 0 Å². The molecule has 0 saturated carbocycles. The first-order valence-corrected chi connectivity index (χ1v) is 12.8. The molecule has 136 valence electrons. The first-order chi connectivity index (χ1) is 10.2. The van der Waals surface area contributed by atoms with Crippen molar-refractivity contribution in [3.05, 3.63) is 0 Å². The van der Waals surface area contributed by atoms with Crippen LogP contribution in [0.3, 0.4) is 0 Å². The van der Waals surface area contributed by atoms with Gasteiger partial charge in [-0.25, -0.2) is 4.57 Å². The van der Waals surface area contributed by atoms with Crippen LogP contribution in [0.4, 0.5) is 8.39 Å². The molecule has 0 bridgehead atoms. The van der Waals surface area contributed by atoms with Crippen molar-refractivity contribution in [2.75, 3.05) is 24.6 Å². The van der Waals surface area contributed by atoms with Crippen molar-refractivity contribution in [3.63, 3.8) is 0 Å². The highest BCUT2D eigenvalue weighted by Gasteiger charge is 2.34. The Balaban J connectivity index is 0. The van der Waals surface area contributed by atoms with Gasteiger partial charge in [-0.15, -0.1) is 8.39 Å². The van der Waals surface area contributed by atoms with E-state index in [1.165, 1.54) is 51.4 Å². The van der Waals surface area contributed by atoms with Gasteiger partial charge >= 0.3 is 7.99 Å². The second kappa shape index (κ2) is 15.0. The Morgan fingerprint density at radius 1 is 0.727 bits per heavy atom. The van der Waals surface area contributed by atoms with Crippen LogP contribution in [0.1, 0.15) is 79.1 Å². The van der Waals surface area contributed by atoms with E-state index < -0.39 is 15.3 Å². The van der Waals surface area contributed by atoms with E-state index in [0.29, 0.717) is 0 Å². The summed E-state index contributed by atoms with van der Waals surface area (Å²) in [5.74, 6) is 0. The minimum atomic E-state index is -5.64. The van der Waals surface area contributed by atoms with E-state index in [-0.39, 0.29) is 0 Å². The van der Waals surface area contributed by atoms with Crippen LogP contribution in [-0.2, 0) is 4.57 Å². The van der Waals surface area contributed by atoms with Crippen molar-refractivity contribution >= 4 is 15.3 Å². The molecule has 2 nitrogen and oxygen atoms in total. The molecule has 0 atom stereocenters. The van der Waals surface area contributed by atoms with E-state index in [4.69, 9.17) is 9.46 Å². The third-order valence-corrected chi connectivity index (χ3v) is 9.00. The van der Waals surface area contributed by atoms with Gasteiger partial charge in [-0.1, -0.05) is 53.4 Å². The van der Waals surface area contributed by atoms with Crippen molar-refractivity contribution in [2.45, 2.75) is 79.1 Å². The zero-order valence-electron chi connectivity index (χ0n) is 15.0. The summed E-state index contributed by atoms with van der Waals surface area (Å²) >= 11 is 0. The minimum Gasteiger partial charge on any atom is -0.296 e. The van der Waals surface area contributed by atoms with Gasteiger partial charge in [0.1, 0.15) is 0 Å². The van der Waals surface area contributed by atoms with Crippen LogP contribution in [0.15, 0.2) is 0 Å². The third kappa shape index (κ3) is 18.5. The number of rotatable bonds is 12. The van der Waals surface area contributed by atoms with Crippen molar-refractivity contribution in [1.29, 1.82) is 0 Å². The lowest BCUT2D eigenvalue weighted by Crippen LogP contribution is -2.12.